The van der Waals surface area contributed by atoms with Crippen LogP contribution in [0.1, 0.15) is 16.2 Å². The maximum atomic E-state index is 12.6. The van der Waals surface area contributed by atoms with E-state index in [0.717, 1.165) is 0 Å². The number of methoxy groups -OCH3 is 2. The molecule has 2 aromatic rings. The van der Waals surface area contributed by atoms with Crippen LogP contribution in [0.3, 0.4) is 0 Å². The molecule has 0 saturated heterocycles. The highest BCUT2D eigenvalue weighted by atomic mass is 32.2. The Labute approximate surface area is 141 Å². The number of ketones is 1. The highest BCUT2D eigenvalue weighted by Gasteiger charge is 2.26. The van der Waals surface area contributed by atoms with Gasteiger partial charge in [-0.15, -0.1) is 0 Å². The molecule has 0 amide bonds. The zero-order chi connectivity index (χ0) is 18.6. The molecule has 0 aliphatic rings. The quantitative estimate of drug-likeness (QED) is 0.736. The largest absolute Gasteiger partial charge is 0.481 e. The highest BCUT2D eigenvalue weighted by molar-refractivity contribution is 7.93. The standard InChI is InChI=1S/C14H13F2N3O5S/c1-23-10-7-11(24-2)18-13(17-10)12(20)8-5-3-4-6-9(8)19-25(21,22)14(15)16/h3-7,14,19H,1-2H3. The van der Waals surface area contributed by atoms with Crippen LogP contribution in [0, 0.1) is 0 Å². The number of nitrogens with zero attached hydrogens (tertiary/aromatic N) is 2. The Morgan fingerprint density at radius 1 is 1.12 bits per heavy atom. The minimum atomic E-state index is -4.94. The molecule has 0 fully saturated rings. The Hall–Kier alpha value is -2.82. The molecule has 8 nitrogen and oxygen atoms in total. The molecule has 0 atom stereocenters. The van der Waals surface area contributed by atoms with E-state index >= 15 is 0 Å². The fraction of sp³-hybridized carbons (Fsp3) is 0.214. The van der Waals surface area contributed by atoms with Gasteiger partial charge in [0.05, 0.1) is 31.5 Å². The van der Waals surface area contributed by atoms with Gasteiger partial charge in [0.2, 0.25) is 23.4 Å². The first kappa shape index (κ1) is 18.5. The van der Waals surface area contributed by atoms with Gasteiger partial charge in [0.1, 0.15) is 0 Å². The third-order valence-electron chi connectivity index (χ3n) is 2.96. The predicted octanol–water partition coefficient (Wildman–Crippen LogP) is 1.69. The topological polar surface area (TPSA) is 107 Å². The molecular formula is C14H13F2N3O5S. The maximum Gasteiger partial charge on any atom is 0.355 e. The Bertz CT molecular complexity index is 868. The summed E-state index contributed by atoms with van der Waals surface area (Å²) in [5.74, 6) is -4.71. The molecule has 0 spiro atoms. The second-order valence-electron chi connectivity index (χ2n) is 4.56. The molecule has 0 aliphatic heterocycles. The third kappa shape index (κ3) is 4.18. The van der Waals surface area contributed by atoms with Crippen LogP contribution in [-0.2, 0) is 10.0 Å². The van der Waals surface area contributed by atoms with Gasteiger partial charge >= 0.3 is 5.76 Å². The van der Waals surface area contributed by atoms with E-state index in [2.05, 4.69) is 9.97 Å². The van der Waals surface area contributed by atoms with Gasteiger partial charge in [0.15, 0.2) is 0 Å². The lowest BCUT2D eigenvalue weighted by Gasteiger charge is -2.11. The SMILES string of the molecule is COc1cc(OC)nc(C(=O)c2ccccc2NS(=O)(=O)C(F)F)n1. The maximum absolute atomic E-state index is 12.6. The Morgan fingerprint density at radius 2 is 1.68 bits per heavy atom. The van der Waals surface area contributed by atoms with Crippen LogP contribution in [0.5, 0.6) is 11.8 Å². The molecule has 1 heterocycles. The minimum absolute atomic E-state index is 0.0424. The highest BCUT2D eigenvalue weighted by Crippen LogP contribution is 2.23. The number of aromatic nitrogens is 2. The zero-order valence-corrected chi connectivity index (χ0v) is 13.9. The van der Waals surface area contributed by atoms with Crippen LogP contribution in [0.2, 0.25) is 0 Å². The summed E-state index contributed by atoms with van der Waals surface area (Å²) >= 11 is 0. The second-order valence-corrected chi connectivity index (χ2v) is 6.21. The Kier molecular flexibility index (Phi) is 5.47. The van der Waals surface area contributed by atoms with Gasteiger partial charge in [0.25, 0.3) is 10.0 Å². The van der Waals surface area contributed by atoms with E-state index in [4.69, 9.17) is 9.47 Å². The fourth-order valence-electron chi connectivity index (χ4n) is 1.80. The number of hydrogen-bond donors (Lipinski definition) is 1. The summed E-state index contributed by atoms with van der Waals surface area (Å²) in [7, 11) is -2.30. The molecule has 1 aromatic carbocycles. The van der Waals surface area contributed by atoms with E-state index in [1.165, 1.54) is 44.6 Å². The first-order valence-corrected chi connectivity index (χ1v) is 8.23. The van der Waals surface area contributed by atoms with E-state index in [1.54, 1.807) is 4.72 Å². The van der Waals surface area contributed by atoms with Gasteiger partial charge in [-0.1, -0.05) is 12.1 Å². The van der Waals surface area contributed by atoms with Crippen LogP contribution < -0.4 is 14.2 Å². The first-order chi connectivity index (χ1) is 11.8. The minimum Gasteiger partial charge on any atom is -0.481 e. The van der Waals surface area contributed by atoms with Crippen molar-refractivity contribution in [2.45, 2.75) is 5.76 Å². The number of ether oxygens (including phenoxy) is 2. The van der Waals surface area contributed by atoms with E-state index in [1.807, 2.05) is 0 Å². The lowest BCUT2D eigenvalue weighted by atomic mass is 10.1. The van der Waals surface area contributed by atoms with Crippen molar-refractivity contribution < 1.29 is 31.5 Å². The Morgan fingerprint density at radius 3 is 2.20 bits per heavy atom. The molecule has 25 heavy (non-hydrogen) atoms. The van der Waals surface area contributed by atoms with Crippen molar-refractivity contribution in [2.75, 3.05) is 18.9 Å². The summed E-state index contributed by atoms with van der Waals surface area (Å²) in [6.45, 7) is 0. The number of nitrogens with one attached hydrogen (secondary N) is 1. The molecule has 0 radical (unpaired) electrons. The van der Waals surface area contributed by atoms with E-state index in [0.29, 0.717) is 0 Å². The number of para-hydroxylation sites is 1. The van der Waals surface area contributed by atoms with Gasteiger partial charge in [-0.2, -0.15) is 18.7 Å². The van der Waals surface area contributed by atoms with Crippen LogP contribution in [0.25, 0.3) is 0 Å². The van der Waals surface area contributed by atoms with Crippen molar-refractivity contribution in [2.24, 2.45) is 0 Å². The van der Waals surface area contributed by atoms with Gasteiger partial charge < -0.3 is 9.47 Å². The Balaban J connectivity index is 2.48. The van der Waals surface area contributed by atoms with E-state index in [9.17, 15) is 22.0 Å². The predicted molar refractivity (Wildman–Crippen MR) is 83.6 cm³/mol. The van der Waals surface area contributed by atoms with Crippen LogP contribution in [-0.4, -0.2) is 44.1 Å². The number of benzene rings is 1. The van der Waals surface area contributed by atoms with Crippen molar-refractivity contribution in [3.8, 4) is 11.8 Å². The fourth-order valence-corrected chi connectivity index (χ4v) is 2.38. The number of rotatable bonds is 7. The van der Waals surface area contributed by atoms with Gasteiger partial charge in [-0.05, 0) is 12.1 Å². The van der Waals surface area contributed by atoms with E-state index < -0.39 is 21.6 Å². The molecule has 0 aliphatic carbocycles. The number of carbonyl (C=O) groups is 1. The number of halogens is 2. The molecule has 0 saturated carbocycles. The van der Waals surface area contributed by atoms with Crippen molar-refractivity contribution in [1.29, 1.82) is 0 Å². The zero-order valence-electron chi connectivity index (χ0n) is 13.1. The van der Waals surface area contributed by atoms with Crippen LogP contribution >= 0.6 is 0 Å². The summed E-state index contributed by atoms with van der Waals surface area (Å²) < 4.78 is 59.4. The molecular weight excluding hydrogens is 360 g/mol. The number of sulfonamides is 1. The monoisotopic (exact) mass is 373 g/mol. The van der Waals surface area contributed by atoms with Crippen molar-refractivity contribution in [3.05, 3.63) is 41.7 Å². The first-order valence-electron chi connectivity index (χ1n) is 6.69. The van der Waals surface area contributed by atoms with Crippen molar-refractivity contribution in [1.82, 2.24) is 9.97 Å². The van der Waals surface area contributed by atoms with Crippen molar-refractivity contribution >= 4 is 21.5 Å². The summed E-state index contributed by atoms with van der Waals surface area (Å²) in [5.41, 5.74) is -0.528. The lowest BCUT2D eigenvalue weighted by molar-refractivity contribution is 0.102. The number of hydrogen-bond acceptors (Lipinski definition) is 7. The molecule has 0 unspecified atom stereocenters. The van der Waals surface area contributed by atoms with Gasteiger partial charge in [0, 0.05) is 0 Å². The lowest BCUT2D eigenvalue weighted by Crippen LogP contribution is -2.22. The van der Waals surface area contributed by atoms with E-state index in [-0.39, 0.29) is 28.8 Å². The second kappa shape index (κ2) is 7.38. The molecule has 0 bridgehead atoms. The van der Waals surface area contributed by atoms with Crippen molar-refractivity contribution in [3.63, 3.8) is 0 Å². The average Bonchev–Trinajstić information content (AvgIpc) is 2.60. The summed E-state index contributed by atoms with van der Waals surface area (Å²) in [4.78, 5) is 20.3. The third-order valence-corrected chi connectivity index (χ3v) is 3.93. The number of alkyl halides is 2. The van der Waals surface area contributed by atoms with Gasteiger partial charge in [-0.3, -0.25) is 9.52 Å². The summed E-state index contributed by atoms with van der Waals surface area (Å²) in [5, 5.41) is 0. The summed E-state index contributed by atoms with van der Waals surface area (Å²) in [6, 6.07) is 6.58. The molecule has 1 aromatic heterocycles. The van der Waals surface area contributed by atoms with Crippen LogP contribution in [0.4, 0.5) is 14.5 Å². The smallest absolute Gasteiger partial charge is 0.355 e. The average molecular weight is 373 g/mol. The number of carbonyl (C=O) groups excluding carboxylic acids is 1. The number of anilines is 1. The van der Waals surface area contributed by atoms with Gasteiger partial charge in [-0.25, -0.2) is 8.42 Å². The molecule has 11 heteroatoms. The molecule has 134 valence electrons. The molecule has 1 N–H and O–H groups in total. The summed E-state index contributed by atoms with van der Waals surface area (Å²) in [6.07, 6.45) is 0. The normalized spacial score (nSPS) is 11.2. The molecule has 2 rings (SSSR count). The van der Waals surface area contributed by atoms with Crippen LogP contribution in [0.15, 0.2) is 30.3 Å².